The first kappa shape index (κ1) is 15.5. The third-order valence-electron chi connectivity index (χ3n) is 2.74. The van der Waals surface area contributed by atoms with Crippen LogP contribution in [0.5, 0.6) is 0 Å². The van der Waals surface area contributed by atoms with Gasteiger partial charge in [-0.15, -0.1) is 6.58 Å². The lowest BCUT2D eigenvalue weighted by Crippen LogP contribution is -2.59. The molecule has 0 radical (unpaired) electrons. The van der Waals surface area contributed by atoms with Gasteiger partial charge in [-0.2, -0.15) is 0 Å². The average Bonchev–Trinajstić information content (AvgIpc) is 2.35. The maximum absolute atomic E-state index is 9.62. The van der Waals surface area contributed by atoms with Gasteiger partial charge >= 0.3 is 0 Å². The predicted molar refractivity (Wildman–Crippen MR) is 60.5 cm³/mol. The Labute approximate surface area is 105 Å². The highest BCUT2D eigenvalue weighted by atomic mass is 16.7. The third-order valence-corrected chi connectivity index (χ3v) is 2.74. The van der Waals surface area contributed by atoms with Crippen LogP contribution >= 0.6 is 0 Å². The fraction of sp³-hybridized carbons (Fsp3) is 0.818. The van der Waals surface area contributed by atoms with E-state index in [9.17, 15) is 20.4 Å². The van der Waals surface area contributed by atoms with Gasteiger partial charge < -0.3 is 35.0 Å². The summed E-state index contributed by atoms with van der Waals surface area (Å²) >= 11 is 0. The fourth-order valence-electron chi connectivity index (χ4n) is 1.67. The summed E-state index contributed by atoms with van der Waals surface area (Å²) < 4.78 is 10.2. The molecule has 0 spiro atoms. The second-order valence-corrected chi connectivity index (χ2v) is 4.21. The summed E-state index contributed by atoms with van der Waals surface area (Å²) in [5.41, 5.74) is 0. The molecule has 18 heavy (non-hydrogen) atoms. The molecule has 6 unspecified atom stereocenters. The van der Waals surface area contributed by atoms with Gasteiger partial charge in [0.25, 0.3) is 0 Å². The molecule has 1 fully saturated rings. The summed E-state index contributed by atoms with van der Waals surface area (Å²) in [6.07, 6.45) is -5.52. The molecule has 7 nitrogen and oxygen atoms in total. The van der Waals surface area contributed by atoms with Crippen molar-refractivity contribution in [2.75, 3.05) is 13.2 Å². The molecule has 5 N–H and O–H groups in total. The van der Waals surface area contributed by atoms with Crippen LogP contribution in [0.25, 0.3) is 0 Å². The van der Waals surface area contributed by atoms with E-state index in [1.165, 1.54) is 6.08 Å². The van der Waals surface area contributed by atoms with Gasteiger partial charge in [0.15, 0.2) is 6.29 Å². The molecule has 0 aromatic heterocycles. The molecular weight excluding hydrogens is 244 g/mol. The van der Waals surface area contributed by atoms with Crippen molar-refractivity contribution in [3.63, 3.8) is 0 Å². The number of aliphatic hydroxyl groups is 5. The molecule has 1 rings (SSSR count). The number of hydrogen-bond donors (Lipinski definition) is 5. The fourth-order valence-corrected chi connectivity index (χ4v) is 1.67. The minimum atomic E-state index is -1.47. The van der Waals surface area contributed by atoms with Crippen molar-refractivity contribution in [1.29, 1.82) is 0 Å². The van der Waals surface area contributed by atoms with E-state index in [4.69, 9.17) is 14.6 Å². The largest absolute Gasteiger partial charge is 0.394 e. The van der Waals surface area contributed by atoms with Crippen LogP contribution in [-0.2, 0) is 9.47 Å². The van der Waals surface area contributed by atoms with Crippen LogP contribution < -0.4 is 0 Å². The topological polar surface area (TPSA) is 120 Å². The van der Waals surface area contributed by atoms with E-state index in [1.54, 1.807) is 0 Å². The van der Waals surface area contributed by atoms with Gasteiger partial charge in [-0.3, -0.25) is 0 Å². The van der Waals surface area contributed by atoms with E-state index in [2.05, 4.69) is 6.58 Å². The van der Waals surface area contributed by atoms with Gasteiger partial charge in [-0.05, 0) is 6.42 Å². The Hall–Kier alpha value is -0.540. The van der Waals surface area contributed by atoms with Gasteiger partial charge in [0.1, 0.15) is 24.4 Å². The molecule has 0 aliphatic carbocycles. The Bertz CT molecular complexity index is 258. The summed E-state index contributed by atoms with van der Waals surface area (Å²) in [4.78, 5) is 0. The van der Waals surface area contributed by atoms with Crippen LogP contribution in [0.15, 0.2) is 12.7 Å². The van der Waals surface area contributed by atoms with Gasteiger partial charge in [-0.25, -0.2) is 0 Å². The predicted octanol–water partition coefficient (Wildman–Crippen LogP) is -2.26. The maximum atomic E-state index is 9.62. The summed E-state index contributed by atoms with van der Waals surface area (Å²) in [7, 11) is 0. The molecule has 1 saturated heterocycles. The van der Waals surface area contributed by atoms with Crippen LogP contribution in [0.3, 0.4) is 0 Å². The van der Waals surface area contributed by atoms with E-state index >= 15 is 0 Å². The van der Waals surface area contributed by atoms with Gasteiger partial charge in [0, 0.05) is 0 Å². The molecule has 106 valence electrons. The first-order valence-electron chi connectivity index (χ1n) is 5.72. The SMILES string of the molecule is C=CCC(O)COC1OC(CO)C(O)C(O)C1O. The minimum absolute atomic E-state index is 0.116. The van der Waals surface area contributed by atoms with Crippen molar-refractivity contribution in [3.8, 4) is 0 Å². The van der Waals surface area contributed by atoms with Crippen LogP contribution in [-0.4, -0.2) is 75.6 Å². The standard InChI is InChI=1S/C11H20O7/c1-2-3-6(13)5-17-11-10(16)9(15)8(14)7(4-12)18-11/h2,6-16H,1,3-5H2. The number of aliphatic hydroxyl groups excluding tert-OH is 5. The van der Waals surface area contributed by atoms with Crippen LogP contribution in [0.4, 0.5) is 0 Å². The molecule has 0 bridgehead atoms. The average molecular weight is 264 g/mol. The van der Waals surface area contributed by atoms with Crippen LogP contribution in [0.2, 0.25) is 0 Å². The number of rotatable bonds is 6. The highest BCUT2D eigenvalue weighted by molar-refractivity contribution is 4.89. The second-order valence-electron chi connectivity index (χ2n) is 4.21. The lowest BCUT2D eigenvalue weighted by molar-refractivity contribution is -0.304. The molecule has 1 aliphatic heterocycles. The van der Waals surface area contributed by atoms with Crippen molar-refractivity contribution in [1.82, 2.24) is 0 Å². The Morgan fingerprint density at radius 3 is 2.44 bits per heavy atom. The second kappa shape index (κ2) is 7.15. The molecule has 0 aromatic rings. The smallest absolute Gasteiger partial charge is 0.186 e. The third kappa shape index (κ3) is 3.72. The number of hydrogen-bond acceptors (Lipinski definition) is 7. The van der Waals surface area contributed by atoms with E-state index in [1.807, 2.05) is 0 Å². The quantitative estimate of drug-likeness (QED) is 0.343. The summed E-state index contributed by atoms with van der Waals surface area (Å²) in [6, 6.07) is 0. The lowest BCUT2D eigenvalue weighted by Gasteiger charge is -2.39. The molecule has 0 saturated carbocycles. The maximum Gasteiger partial charge on any atom is 0.186 e. The Balaban J connectivity index is 2.51. The van der Waals surface area contributed by atoms with Crippen LogP contribution in [0, 0.1) is 0 Å². The zero-order chi connectivity index (χ0) is 13.7. The van der Waals surface area contributed by atoms with Gasteiger partial charge in [0.05, 0.1) is 19.3 Å². The summed E-state index contributed by atoms with van der Waals surface area (Å²) in [5.74, 6) is 0. The van der Waals surface area contributed by atoms with Crippen molar-refractivity contribution >= 4 is 0 Å². The van der Waals surface area contributed by atoms with Crippen molar-refractivity contribution in [2.45, 2.75) is 43.2 Å². The van der Waals surface area contributed by atoms with Crippen molar-refractivity contribution in [2.24, 2.45) is 0 Å². The zero-order valence-electron chi connectivity index (χ0n) is 9.92. The molecule has 0 aromatic carbocycles. The summed E-state index contributed by atoms with van der Waals surface area (Å²) in [6.45, 7) is 2.83. The van der Waals surface area contributed by atoms with Gasteiger partial charge in [-0.1, -0.05) is 6.08 Å². The summed E-state index contributed by atoms with van der Waals surface area (Å²) in [5, 5.41) is 47.0. The lowest BCUT2D eigenvalue weighted by atomic mass is 9.99. The molecule has 7 heteroatoms. The van der Waals surface area contributed by atoms with Crippen LogP contribution in [0.1, 0.15) is 6.42 Å². The molecule has 6 atom stereocenters. The first-order valence-corrected chi connectivity index (χ1v) is 5.72. The van der Waals surface area contributed by atoms with Crippen molar-refractivity contribution < 1.29 is 35.0 Å². The molecule has 1 aliphatic rings. The zero-order valence-corrected chi connectivity index (χ0v) is 9.92. The minimum Gasteiger partial charge on any atom is -0.394 e. The normalized spacial score (nSPS) is 38.4. The highest BCUT2D eigenvalue weighted by Gasteiger charge is 2.44. The van der Waals surface area contributed by atoms with Gasteiger partial charge in [0.2, 0.25) is 0 Å². The first-order chi connectivity index (χ1) is 8.51. The van der Waals surface area contributed by atoms with E-state index in [-0.39, 0.29) is 6.61 Å². The Morgan fingerprint density at radius 2 is 1.89 bits per heavy atom. The molecular formula is C11H20O7. The van der Waals surface area contributed by atoms with E-state index in [0.717, 1.165) is 0 Å². The molecule has 1 heterocycles. The Kier molecular flexibility index (Phi) is 6.16. The highest BCUT2D eigenvalue weighted by Crippen LogP contribution is 2.22. The van der Waals surface area contributed by atoms with Crippen molar-refractivity contribution in [3.05, 3.63) is 12.7 Å². The van der Waals surface area contributed by atoms with E-state index < -0.39 is 43.4 Å². The monoisotopic (exact) mass is 264 g/mol. The van der Waals surface area contributed by atoms with E-state index in [0.29, 0.717) is 6.42 Å². The Morgan fingerprint density at radius 1 is 1.22 bits per heavy atom. The molecule has 0 amide bonds. The number of ether oxygens (including phenoxy) is 2.